The number of carboxylic acid groups (broad SMARTS) is 1. The molecular weight excluding hydrogens is 204 g/mol. The van der Waals surface area contributed by atoms with Gasteiger partial charge in [0, 0.05) is 6.20 Å². The van der Waals surface area contributed by atoms with Gasteiger partial charge in [-0.2, -0.15) is 5.10 Å². The number of nitrogens with zero attached hydrogens (tertiary/aromatic N) is 2. The van der Waals surface area contributed by atoms with Gasteiger partial charge >= 0.3 is 5.97 Å². The van der Waals surface area contributed by atoms with Gasteiger partial charge in [0.2, 0.25) is 0 Å². The van der Waals surface area contributed by atoms with Gasteiger partial charge < -0.3 is 5.11 Å². The minimum absolute atomic E-state index is 0.0260. The Morgan fingerprint density at radius 1 is 1.25 bits per heavy atom. The lowest BCUT2D eigenvalue weighted by Crippen LogP contribution is -2.04. The molecule has 0 saturated heterocycles. The fraction of sp³-hybridized carbons (Fsp3) is 0.167. The van der Waals surface area contributed by atoms with Crippen LogP contribution in [0.25, 0.3) is 0 Å². The molecule has 0 aliphatic rings. The van der Waals surface area contributed by atoms with Gasteiger partial charge in [-0.1, -0.05) is 30.3 Å². The molecule has 0 radical (unpaired) electrons. The molecule has 0 atom stereocenters. The maximum absolute atomic E-state index is 10.5. The topological polar surface area (TPSA) is 55.1 Å². The van der Waals surface area contributed by atoms with Crippen molar-refractivity contribution in [2.24, 2.45) is 0 Å². The van der Waals surface area contributed by atoms with E-state index >= 15 is 0 Å². The average molecular weight is 216 g/mol. The second-order valence-electron chi connectivity index (χ2n) is 3.56. The monoisotopic (exact) mass is 216 g/mol. The summed E-state index contributed by atoms with van der Waals surface area (Å²) in [6.07, 6.45) is 1.77. The normalized spacial score (nSPS) is 10.2. The lowest BCUT2D eigenvalue weighted by Gasteiger charge is -2.00. The largest absolute Gasteiger partial charge is 0.481 e. The molecule has 1 heterocycles. The summed E-state index contributed by atoms with van der Waals surface area (Å²) in [7, 11) is 0. The molecule has 4 nitrogen and oxygen atoms in total. The van der Waals surface area contributed by atoms with Crippen molar-refractivity contribution in [1.82, 2.24) is 9.78 Å². The van der Waals surface area contributed by atoms with Gasteiger partial charge in [-0.15, -0.1) is 0 Å². The van der Waals surface area contributed by atoms with Gasteiger partial charge in [0.15, 0.2) is 0 Å². The zero-order chi connectivity index (χ0) is 11.4. The van der Waals surface area contributed by atoms with Crippen LogP contribution in [0.1, 0.15) is 11.3 Å². The quantitative estimate of drug-likeness (QED) is 0.843. The number of carbonyl (C=O) groups is 1. The SMILES string of the molecule is O=C(O)Cc1ccn(Cc2ccccc2)n1. The number of hydrogen-bond donors (Lipinski definition) is 1. The van der Waals surface area contributed by atoms with Crippen LogP contribution in [0.15, 0.2) is 42.6 Å². The van der Waals surface area contributed by atoms with Crippen molar-refractivity contribution in [3.63, 3.8) is 0 Å². The Kier molecular flexibility index (Phi) is 3.00. The highest BCUT2D eigenvalue weighted by Gasteiger charge is 2.04. The Balaban J connectivity index is 2.06. The van der Waals surface area contributed by atoms with Crippen LogP contribution in [-0.2, 0) is 17.8 Å². The highest BCUT2D eigenvalue weighted by atomic mass is 16.4. The molecule has 1 aromatic carbocycles. The third-order valence-electron chi connectivity index (χ3n) is 2.22. The van der Waals surface area contributed by atoms with Crippen molar-refractivity contribution in [2.45, 2.75) is 13.0 Å². The lowest BCUT2D eigenvalue weighted by molar-refractivity contribution is -0.136. The predicted molar refractivity (Wildman–Crippen MR) is 59.1 cm³/mol. The Labute approximate surface area is 93.1 Å². The summed E-state index contributed by atoms with van der Waals surface area (Å²) in [6.45, 7) is 0.667. The van der Waals surface area contributed by atoms with Crippen molar-refractivity contribution in [3.8, 4) is 0 Å². The van der Waals surface area contributed by atoms with Gasteiger partial charge in [-0.05, 0) is 11.6 Å². The molecule has 2 rings (SSSR count). The van der Waals surface area contributed by atoms with Gasteiger partial charge in [0.25, 0.3) is 0 Å². The van der Waals surface area contributed by atoms with Crippen molar-refractivity contribution in [3.05, 3.63) is 53.9 Å². The number of aromatic nitrogens is 2. The molecule has 82 valence electrons. The van der Waals surface area contributed by atoms with Crippen LogP contribution in [0.2, 0.25) is 0 Å². The Morgan fingerprint density at radius 2 is 2.00 bits per heavy atom. The second-order valence-corrected chi connectivity index (χ2v) is 3.56. The first-order valence-corrected chi connectivity index (χ1v) is 5.02. The van der Waals surface area contributed by atoms with Crippen LogP contribution >= 0.6 is 0 Å². The second kappa shape index (κ2) is 4.61. The van der Waals surface area contributed by atoms with E-state index < -0.39 is 5.97 Å². The standard InChI is InChI=1S/C12H12N2O2/c15-12(16)8-11-6-7-14(13-11)9-10-4-2-1-3-5-10/h1-7H,8-9H2,(H,15,16). The van der Waals surface area contributed by atoms with E-state index in [0.717, 1.165) is 5.56 Å². The van der Waals surface area contributed by atoms with E-state index in [4.69, 9.17) is 5.11 Å². The lowest BCUT2D eigenvalue weighted by atomic mass is 10.2. The Morgan fingerprint density at radius 3 is 2.69 bits per heavy atom. The summed E-state index contributed by atoms with van der Waals surface area (Å²) in [5, 5.41) is 12.8. The summed E-state index contributed by atoms with van der Waals surface area (Å²) in [4.78, 5) is 10.5. The van der Waals surface area contributed by atoms with Crippen LogP contribution < -0.4 is 0 Å². The summed E-state index contributed by atoms with van der Waals surface area (Å²) >= 11 is 0. The third kappa shape index (κ3) is 2.70. The molecular formula is C12H12N2O2. The third-order valence-corrected chi connectivity index (χ3v) is 2.22. The zero-order valence-electron chi connectivity index (χ0n) is 8.71. The van der Waals surface area contributed by atoms with Gasteiger partial charge in [0.05, 0.1) is 18.7 Å². The predicted octanol–water partition coefficient (Wildman–Crippen LogP) is 1.56. The molecule has 0 unspecified atom stereocenters. The minimum atomic E-state index is -0.857. The molecule has 1 aromatic heterocycles. The van der Waals surface area contributed by atoms with Crippen molar-refractivity contribution < 1.29 is 9.90 Å². The first-order chi connectivity index (χ1) is 7.74. The molecule has 4 heteroatoms. The van der Waals surface area contributed by atoms with E-state index in [1.54, 1.807) is 16.9 Å². The number of carboxylic acids is 1. The first-order valence-electron chi connectivity index (χ1n) is 5.02. The Bertz CT molecular complexity index is 477. The number of hydrogen-bond acceptors (Lipinski definition) is 2. The van der Waals surface area contributed by atoms with Crippen LogP contribution in [0, 0.1) is 0 Å². The number of rotatable bonds is 4. The van der Waals surface area contributed by atoms with Crippen molar-refractivity contribution in [1.29, 1.82) is 0 Å². The fourth-order valence-corrected chi connectivity index (χ4v) is 1.51. The fourth-order valence-electron chi connectivity index (χ4n) is 1.51. The maximum Gasteiger partial charge on any atom is 0.309 e. The van der Waals surface area contributed by atoms with E-state index in [9.17, 15) is 4.79 Å². The highest BCUT2D eigenvalue weighted by Crippen LogP contribution is 2.03. The highest BCUT2D eigenvalue weighted by molar-refractivity contribution is 5.69. The van der Waals surface area contributed by atoms with Crippen LogP contribution in [-0.4, -0.2) is 20.9 Å². The minimum Gasteiger partial charge on any atom is -0.481 e. The molecule has 16 heavy (non-hydrogen) atoms. The summed E-state index contributed by atoms with van der Waals surface area (Å²) < 4.78 is 1.74. The molecule has 0 aliphatic heterocycles. The smallest absolute Gasteiger partial charge is 0.309 e. The van der Waals surface area contributed by atoms with Crippen LogP contribution in [0.5, 0.6) is 0 Å². The molecule has 0 fully saturated rings. The van der Waals surface area contributed by atoms with Gasteiger partial charge in [-0.25, -0.2) is 0 Å². The van der Waals surface area contributed by atoms with Crippen LogP contribution in [0.4, 0.5) is 0 Å². The molecule has 0 aliphatic carbocycles. The molecule has 0 saturated carbocycles. The van der Waals surface area contributed by atoms with E-state index in [-0.39, 0.29) is 6.42 Å². The van der Waals surface area contributed by atoms with Crippen LogP contribution in [0.3, 0.4) is 0 Å². The van der Waals surface area contributed by atoms with Gasteiger partial charge in [-0.3, -0.25) is 9.48 Å². The number of aliphatic carboxylic acids is 1. The summed E-state index contributed by atoms with van der Waals surface area (Å²) in [6, 6.07) is 11.7. The zero-order valence-corrected chi connectivity index (χ0v) is 8.71. The summed E-state index contributed by atoms with van der Waals surface area (Å²) in [5.41, 5.74) is 1.73. The molecule has 0 amide bonds. The van der Waals surface area contributed by atoms with E-state index in [1.165, 1.54) is 0 Å². The first kappa shape index (κ1) is 10.4. The van der Waals surface area contributed by atoms with E-state index in [0.29, 0.717) is 12.2 Å². The molecule has 0 spiro atoms. The van der Waals surface area contributed by atoms with Crippen molar-refractivity contribution in [2.75, 3.05) is 0 Å². The number of benzene rings is 1. The van der Waals surface area contributed by atoms with E-state index in [1.807, 2.05) is 30.3 Å². The van der Waals surface area contributed by atoms with Gasteiger partial charge in [0.1, 0.15) is 0 Å². The van der Waals surface area contributed by atoms with E-state index in [2.05, 4.69) is 5.10 Å². The average Bonchev–Trinajstić information content (AvgIpc) is 2.66. The molecule has 2 aromatic rings. The Hall–Kier alpha value is -2.10. The van der Waals surface area contributed by atoms with Crippen molar-refractivity contribution >= 4 is 5.97 Å². The summed E-state index contributed by atoms with van der Waals surface area (Å²) in [5.74, 6) is -0.857. The maximum atomic E-state index is 10.5. The molecule has 1 N–H and O–H groups in total. The molecule has 0 bridgehead atoms.